The lowest BCUT2D eigenvalue weighted by Crippen LogP contribution is -2.58. The maximum atomic E-state index is 13.0. The zero-order chi connectivity index (χ0) is 30.1. The van der Waals surface area contributed by atoms with Crippen molar-refractivity contribution in [2.45, 2.75) is 49.9 Å². The fourth-order valence-electron chi connectivity index (χ4n) is 4.06. The molecule has 4 amide bonds. The Morgan fingerprint density at radius 1 is 0.854 bits per heavy atom. The van der Waals surface area contributed by atoms with Gasteiger partial charge in [-0.1, -0.05) is 18.2 Å². The van der Waals surface area contributed by atoms with Gasteiger partial charge in [-0.2, -0.15) is 0 Å². The van der Waals surface area contributed by atoms with Crippen molar-refractivity contribution in [3.8, 4) is 0 Å². The molecule has 0 fully saturated rings. The lowest BCUT2D eigenvalue weighted by atomic mass is 10.0. The Labute approximate surface area is 232 Å². The smallest absolute Gasteiger partial charge is 0.326 e. The third-order valence-corrected chi connectivity index (χ3v) is 6.10. The molecular formula is C25H30N8O8. The molecule has 0 bridgehead atoms. The number of carboxylic acids is 2. The number of nitrogens with two attached hydrogens (primary N) is 2. The quantitative estimate of drug-likeness (QED) is 0.0959. The van der Waals surface area contributed by atoms with Gasteiger partial charge in [-0.25, -0.2) is 9.78 Å². The standard InChI is InChI=1S/C25H30N8O8/c26-15(5-12-9-29-16-4-2-1-3-14(12)16)22(37)31-18(8-21(35)36)24(39)32-17(7-20(27)34)23(38)33-19(25(40)41)6-13-10-28-11-30-13/h1-4,9-11,15,17-19,29H,5-8,26H2,(H2,27,34)(H,28,30)(H,31,37)(H,32,39)(H,33,38)(H,35,36)(H,40,41). The van der Waals surface area contributed by atoms with Crippen LogP contribution in [0.15, 0.2) is 43.0 Å². The van der Waals surface area contributed by atoms with Crippen molar-refractivity contribution >= 4 is 46.5 Å². The number of para-hydroxylation sites is 1. The molecule has 0 spiro atoms. The van der Waals surface area contributed by atoms with E-state index >= 15 is 0 Å². The summed E-state index contributed by atoms with van der Waals surface area (Å²) in [5.41, 5.74) is 13.2. The van der Waals surface area contributed by atoms with Crippen molar-refractivity contribution < 1.29 is 39.0 Å². The average Bonchev–Trinajstić information content (AvgIpc) is 3.57. The fraction of sp³-hybridized carbons (Fsp3) is 0.320. The lowest BCUT2D eigenvalue weighted by Gasteiger charge is -2.24. The van der Waals surface area contributed by atoms with Crippen LogP contribution in [0.2, 0.25) is 0 Å². The topological polar surface area (TPSA) is 275 Å². The molecule has 4 atom stereocenters. The van der Waals surface area contributed by atoms with Crippen LogP contribution >= 0.6 is 0 Å². The third kappa shape index (κ3) is 8.62. The summed E-state index contributed by atoms with van der Waals surface area (Å²) in [5.74, 6) is -6.89. The summed E-state index contributed by atoms with van der Waals surface area (Å²) in [5, 5.41) is 26.3. The second kappa shape index (κ2) is 13.7. The molecule has 16 heteroatoms. The van der Waals surface area contributed by atoms with Crippen LogP contribution in [0.25, 0.3) is 10.9 Å². The number of amides is 4. The fourth-order valence-corrected chi connectivity index (χ4v) is 4.06. The van der Waals surface area contributed by atoms with Gasteiger partial charge in [0.05, 0.1) is 25.2 Å². The van der Waals surface area contributed by atoms with Crippen LogP contribution in [0.5, 0.6) is 0 Å². The highest BCUT2D eigenvalue weighted by Gasteiger charge is 2.32. The SMILES string of the molecule is NC(=O)CC(NC(=O)C(CC(=O)O)NC(=O)C(N)Cc1c[nH]c2ccccc12)C(=O)NC(Cc1cnc[nH]1)C(=O)O. The Morgan fingerprint density at radius 3 is 2.10 bits per heavy atom. The van der Waals surface area contributed by atoms with Gasteiger partial charge in [0.2, 0.25) is 23.6 Å². The van der Waals surface area contributed by atoms with Crippen LogP contribution in [0.4, 0.5) is 0 Å². The van der Waals surface area contributed by atoms with E-state index in [1.54, 1.807) is 6.20 Å². The molecule has 4 unspecified atom stereocenters. The number of carbonyl (C=O) groups excluding carboxylic acids is 4. The van der Waals surface area contributed by atoms with E-state index in [4.69, 9.17) is 11.5 Å². The summed E-state index contributed by atoms with van der Waals surface area (Å²) < 4.78 is 0. The van der Waals surface area contributed by atoms with Crippen LogP contribution in [0.1, 0.15) is 24.1 Å². The van der Waals surface area contributed by atoms with E-state index in [1.165, 1.54) is 12.5 Å². The lowest BCUT2D eigenvalue weighted by molar-refractivity contribution is -0.143. The summed E-state index contributed by atoms with van der Waals surface area (Å²) in [4.78, 5) is 82.9. The van der Waals surface area contributed by atoms with E-state index in [1.807, 2.05) is 24.3 Å². The van der Waals surface area contributed by atoms with Crippen LogP contribution in [-0.4, -0.2) is 84.9 Å². The monoisotopic (exact) mass is 570 g/mol. The van der Waals surface area contributed by atoms with Gasteiger partial charge in [0, 0.05) is 35.4 Å². The average molecular weight is 571 g/mol. The molecule has 2 heterocycles. The highest BCUT2D eigenvalue weighted by Crippen LogP contribution is 2.18. The first kappa shape index (κ1) is 30.3. The highest BCUT2D eigenvalue weighted by molar-refractivity contribution is 5.97. The zero-order valence-corrected chi connectivity index (χ0v) is 21.6. The number of nitrogens with one attached hydrogen (secondary N) is 5. The Bertz CT molecular complexity index is 1420. The number of imidazole rings is 1. The first-order chi connectivity index (χ1) is 19.4. The number of primary amides is 1. The minimum Gasteiger partial charge on any atom is -0.481 e. The molecule has 0 aliphatic carbocycles. The zero-order valence-electron chi connectivity index (χ0n) is 21.6. The maximum Gasteiger partial charge on any atom is 0.326 e. The molecule has 0 saturated carbocycles. The summed E-state index contributed by atoms with van der Waals surface area (Å²) in [6, 6.07) is 1.33. The molecule has 16 nitrogen and oxygen atoms in total. The largest absolute Gasteiger partial charge is 0.481 e. The number of aromatic amines is 2. The molecule has 3 rings (SSSR count). The predicted octanol–water partition coefficient (Wildman–Crippen LogP) is -2.11. The van der Waals surface area contributed by atoms with E-state index in [0.717, 1.165) is 16.5 Å². The van der Waals surface area contributed by atoms with Gasteiger partial charge >= 0.3 is 11.9 Å². The van der Waals surface area contributed by atoms with Crippen molar-refractivity contribution in [1.82, 2.24) is 30.9 Å². The number of hydrogen-bond acceptors (Lipinski definition) is 8. The van der Waals surface area contributed by atoms with Gasteiger partial charge in [-0.05, 0) is 18.1 Å². The number of carbonyl (C=O) groups is 6. The molecule has 1 aromatic carbocycles. The van der Waals surface area contributed by atoms with Crippen molar-refractivity contribution in [2.24, 2.45) is 11.5 Å². The van der Waals surface area contributed by atoms with Crippen molar-refractivity contribution in [3.05, 3.63) is 54.2 Å². The molecule has 0 radical (unpaired) electrons. The summed E-state index contributed by atoms with van der Waals surface area (Å²) in [6.45, 7) is 0. The Morgan fingerprint density at radius 2 is 1.49 bits per heavy atom. The molecule has 218 valence electrons. The summed E-state index contributed by atoms with van der Waals surface area (Å²) >= 11 is 0. The number of rotatable bonds is 15. The van der Waals surface area contributed by atoms with Gasteiger partial charge in [0.1, 0.15) is 18.1 Å². The highest BCUT2D eigenvalue weighted by atomic mass is 16.4. The molecule has 11 N–H and O–H groups in total. The van der Waals surface area contributed by atoms with Gasteiger partial charge in [-0.3, -0.25) is 24.0 Å². The first-order valence-electron chi connectivity index (χ1n) is 12.4. The number of aromatic nitrogens is 3. The Balaban J connectivity index is 1.70. The summed E-state index contributed by atoms with van der Waals surface area (Å²) in [7, 11) is 0. The Kier molecular flexibility index (Phi) is 10.1. The normalized spacial score (nSPS) is 13.9. The van der Waals surface area contributed by atoms with Crippen molar-refractivity contribution in [2.75, 3.05) is 0 Å². The molecule has 3 aromatic rings. The number of fused-ring (bicyclic) bond motifs is 1. The van der Waals surface area contributed by atoms with Crippen LogP contribution in [0.3, 0.4) is 0 Å². The minimum absolute atomic E-state index is 0.0663. The molecule has 2 aromatic heterocycles. The molecule has 41 heavy (non-hydrogen) atoms. The second-order valence-electron chi connectivity index (χ2n) is 9.24. The van der Waals surface area contributed by atoms with Crippen LogP contribution < -0.4 is 27.4 Å². The van der Waals surface area contributed by atoms with Gasteiger partial charge in [-0.15, -0.1) is 0 Å². The Hall–Kier alpha value is -5.25. The minimum atomic E-state index is -1.68. The number of carboxylic acid groups (broad SMARTS) is 2. The van der Waals surface area contributed by atoms with Gasteiger partial charge in [0.15, 0.2) is 0 Å². The van der Waals surface area contributed by atoms with Crippen LogP contribution in [0, 0.1) is 0 Å². The third-order valence-electron chi connectivity index (χ3n) is 6.10. The van der Waals surface area contributed by atoms with E-state index in [-0.39, 0.29) is 12.8 Å². The number of nitrogens with zero attached hydrogens (tertiary/aromatic N) is 1. The molecule has 0 aliphatic heterocycles. The first-order valence-corrected chi connectivity index (χ1v) is 12.4. The number of H-pyrrole nitrogens is 2. The van der Waals surface area contributed by atoms with Crippen LogP contribution in [-0.2, 0) is 41.6 Å². The van der Waals surface area contributed by atoms with E-state index < -0.39 is 72.6 Å². The van der Waals surface area contributed by atoms with Gasteiger partial charge < -0.3 is 47.6 Å². The number of benzene rings is 1. The number of hydrogen-bond donors (Lipinski definition) is 9. The van der Waals surface area contributed by atoms with Gasteiger partial charge in [0.25, 0.3) is 0 Å². The summed E-state index contributed by atoms with van der Waals surface area (Å²) in [6.07, 6.45) is 2.62. The van der Waals surface area contributed by atoms with Crippen molar-refractivity contribution in [3.63, 3.8) is 0 Å². The van der Waals surface area contributed by atoms with Crippen molar-refractivity contribution in [1.29, 1.82) is 0 Å². The molecule has 0 aliphatic rings. The predicted molar refractivity (Wildman–Crippen MR) is 142 cm³/mol. The second-order valence-corrected chi connectivity index (χ2v) is 9.24. The van der Waals surface area contributed by atoms with E-state index in [2.05, 4.69) is 30.9 Å². The van der Waals surface area contributed by atoms with E-state index in [9.17, 15) is 39.0 Å². The number of aliphatic carboxylic acids is 2. The molecular weight excluding hydrogens is 540 g/mol. The molecule has 0 saturated heterocycles. The maximum absolute atomic E-state index is 13.0. The van der Waals surface area contributed by atoms with E-state index in [0.29, 0.717) is 5.69 Å².